The predicted octanol–water partition coefficient (Wildman–Crippen LogP) is 4.00. The summed E-state index contributed by atoms with van der Waals surface area (Å²) in [5, 5.41) is 0. The van der Waals surface area contributed by atoms with Crippen molar-refractivity contribution in [1.82, 2.24) is 18.9 Å². The Kier molecular flexibility index (Phi) is 6.82. The van der Waals surface area contributed by atoms with Gasteiger partial charge in [-0.25, -0.2) is 4.79 Å². The molecule has 1 saturated heterocycles. The van der Waals surface area contributed by atoms with E-state index in [0.717, 1.165) is 69.5 Å². The van der Waals surface area contributed by atoms with Gasteiger partial charge >= 0.3 is 5.69 Å². The van der Waals surface area contributed by atoms with Crippen LogP contribution >= 0.6 is 0 Å². The van der Waals surface area contributed by atoms with Crippen LogP contribution in [0.3, 0.4) is 0 Å². The fraction of sp³-hybridized carbons (Fsp3) is 0.630. The van der Waals surface area contributed by atoms with E-state index in [2.05, 4.69) is 4.90 Å². The summed E-state index contributed by atoms with van der Waals surface area (Å²) < 4.78 is 9.73. The summed E-state index contributed by atoms with van der Waals surface area (Å²) in [6.45, 7) is 3.69. The Hall–Kier alpha value is -2.54. The molecule has 2 heterocycles. The summed E-state index contributed by atoms with van der Waals surface area (Å²) in [7, 11) is 1.92. The maximum absolute atomic E-state index is 13.2. The Bertz CT molecular complexity index is 1030. The quantitative estimate of drug-likeness (QED) is 0.646. The Morgan fingerprint density at radius 1 is 0.941 bits per heavy atom. The molecule has 5 rings (SSSR count). The summed E-state index contributed by atoms with van der Waals surface area (Å²) in [5.74, 6) is 1.04. The lowest BCUT2D eigenvalue weighted by Crippen LogP contribution is -2.42. The zero-order chi connectivity index (χ0) is 23.7. The molecule has 0 spiro atoms. The number of ether oxygens (including phenoxy) is 1. The molecular weight excluding hydrogens is 428 g/mol. The summed E-state index contributed by atoms with van der Waals surface area (Å²) in [5.41, 5.74) is 0.922. The largest absolute Gasteiger partial charge is 0.490 e. The maximum atomic E-state index is 13.2. The second-order valence-corrected chi connectivity index (χ2v) is 10.4. The topological polar surface area (TPSA) is 59.7 Å². The van der Waals surface area contributed by atoms with Crippen LogP contribution in [0.5, 0.6) is 5.75 Å². The van der Waals surface area contributed by atoms with Gasteiger partial charge in [-0.2, -0.15) is 0 Å². The average molecular weight is 467 g/mol. The van der Waals surface area contributed by atoms with Crippen molar-refractivity contribution in [1.29, 1.82) is 0 Å². The highest BCUT2D eigenvalue weighted by molar-refractivity contribution is 5.73. The third-order valence-electron chi connectivity index (χ3n) is 8.34. The number of amides is 1. The molecule has 2 aliphatic carbocycles. The van der Waals surface area contributed by atoms with Gasteiger partial charge in [0.1, 0.15) is 5.75 Å². The van der Waals surface area contributed by atoms with Crippen molar-refractivity contribution in [3.8, 4) is 11.4 Å². The molecule has 1 aromatic heterocycles. The molecule has 184 valence electrons. The second-order valence-electron chi connectivity index (χ2n) is 10.4. The van der Waals surface area contributed by atoms with Gasteiger partial charge < -0.3 is 9.64 Å². The number of imidazole rings is 1. The molecule has 3 fully saturated rings. The van der Waals surface area contributed by atoms with Crippen molar-refractivity contribution in [2.45, 2.75) is 88.9 Å². The third kappa shape index (κ3) is 4.81. The van der Waals surface area contributed by atoms with E-state index < -0.39 is 0 Å². The lowest BCUT2D eigenvalue weighted by Gasteiger charge is -2.35. The summed E-state index contributed by atoms with van der Waals surface area (Å²) in [6.07, 6.45) is 14.3. The molecule has 0 radical (unpaired) electrons. The SMILES string of the molecule is CC(=O)N(C)C1CCN(C2CCC(n3ccn(-c4ccc(OC5CCCC5)cc4)c3=O)CC2)C1. The second kappa shape index (κ2) is 9.98. The number of likely N-dealkylation sites (tertiary alicyclic amines) is 1. The van der Waals surface area contributed by atoms with Gasteiger partial charge in [-0.3, -0.25) is 18.8 Å². The number of aromatic nitrogens is 2. The van der Waals surface area contributed by atoms with Crippen LogP contribution in [0.15, 0.2) is 41.5 Å². The van der Waals surface area contributed by atoms with Crippen molar-refractivity contribution in [3.63, 3.8) is 0 Å². The van der Waals surface area contributed by atoms with E-state index in [1.165, 1.54) is 12.8 Å². The lowest BCUT2D eigenvalue weighted by molar-refractivity contribution is -0.129. The number of benzene rings is 1. The number of nitrogens with zero attached hydrogens (tertiary/aromatic N) is 4. The van der Waals surface area contributed by atoms with E-state index >= 15 is 0 Å². The van der Waals surface area contributed by atoms with Crippen LogP contribution in [0.4, 0.5) is 0 Å². The molecule has 1 amide bonds. The van der Waals surface area contributed by atoms with E-state index in [4.69, 9.17) is 4.74 Å². The average Bonchev–Trinajstić information content (AvgIpc) is 3.61. The van der Waals surface area contributed by atoms with E-state index in [0.29, 0.717) is 18.2 Å². The fourth-order valence-corrected chi connectivity index (χ4v) is 6.12. The minimum Gasteiger partial charge on any atom is -0.490 e. The summed E-state index contributed by atoms with van der Waals surface area (Å²) >= 11 is 0. The third-order valence-corrected chi connectivity index (χ3v) is 8.34. The number of rotatable bonds is 6. The summed E-state index contributed by atoms with van der Waals surface area (Å²) in [6, 6.07) is 9.08. The number of likely N-dealkylation sites (N-methyl/N-ethyl adjacent to an activating group) is 1. The molecule has 1 unspecified atom stereocenters. The van der Waals surface area contributed by atoms with Gasteiger partial charge in [-0.1, -0.05) is 0 Å². The Balaban J connectivity index is 1.18. The molecule has 2 aromatic rings. The van der Waals surface area contributed by atoms with Crippen molar-refractivity contribution < 1.29 is 9.53 Å². The number of carbonyl (C=O) groups excluding carboxylic acids is 1. The first kappa shape index (κ1) is 23.2. The highest BCUT2D eigenvalue weighted by Gasteiger charge is 2.34. The van der Waals surface area contributed by atoms with Crippen LogP contribution < -0.4 is 10.4 Å². The zero-order valence-electron chi connectivity index (χ0n) is 20.6. The van der Waals surface area contributed by atoms with Gasteiger partial charge in [0.2, 0.25) is 5.91 Å². The zero-order valence-corrected chi connectivity index (χ0v) is 20.6. The standard InChI is InChI=1S/C27H38N4O3/c1-20(32)28(2)24-15-16-29(19-24)21-7-9-22(10-8-21)30-17-18-31(27(30)33)23-11-13-26(14-12-23)34-25-5-3-4-6-25/h11-14,17-18,21-22,24-25H,3-10,15-16,19H2,1-2H3. The van der Waals surface area contributed by atoms with E-state index in [-0.39, 0.29) is 17.6 Å². The molecule has 0 bridgehead atoms. The van der Waals surface area contributed by atoms with E-state index in [1.54, 1.807) is 11.5 Å². The fourth-order valence-electron chi connectivity index (χ4n) is 6.12. The minimum absolute atomic E-state index is 0.0391. The van der Waals surface area contributed by atoms with Gasteiger partial charge in [0, 0.05) is 57.6 Å². The molecule has 7 heteroatoms. The Morgan fingerprint density at radius 3 is 2.29 bits per heavy atom. The van der Waals surface area contributed by atoms with Crippen LogP contribution in [-0.2, 0) is 4.79 Å². The molecule has 1 atom stereocenters. The van der Waals surface area contributed by atoms with Crippen LogP contribution in [0.25, 0.3) is 5.69 Å². The van der Waals surface area contributed by atoms with E-state index in [1.807, 2.05) is 53.2 Å². The molecule has 7 nitrogen and oxygen atoms in total. The Labute approximate surface area is 202 Å². The first-order valence-corrected chi connectivity index (χ1v) is 13.0. The Morgan fingerprint density at radius 2 is 1.62 bits per heavy atom. The van der Waals surface area contributed by atoms with Gasteiger partial charge in [0.15, 0.2) is 0 Å². The highest BCUT2D eigenvalue weighted by Crippen LogP contribution is 2.32. The minimum atomic E-state index is 0.0391. The van der Waals surface area contributed by atoms with Crippen LogP contribution in [0.1, 0.15) is 70.8 Å². The highest BCUT2D eigenvalue weighted by atomic mass is 16.5. The first-order chi connectivity index (χ1) is 16.5. The molecule has 1 aliphatic heterocycles. The van der Waals surface area contributed by atoms with Crippen LogP contribution in [-0.4, -0.2) is 63.2 Å². The molecule has 1 aromatic carbocycles. The molecule has 34 heavy (non-hydrogen) atoms. The van der Waals surface area contributed by atoms with Crippen LogP contribution in [0.2, 0.25) is 0 Å². The monoisotopic (exact) mass is 466 g/mol. The van der Waals surface area contributed by atoms with Crippen molar-refractivity contribution in [2.75, 3.05) is 20.1 Å². The maximum Gasteiger partial charge on any atom is 0.332 e. The van der Waals surface area contributed by atoms with Gasteiger partial charge in [-0.05, 0) is 82.1 Å². The first-order valence-electron chi connectivity index (χ1n) is 13.0. The normalized spacial score (nSPS) is 26.1. The molecule has 0 N–H and O–H groups in total. The van der Waals surface area contributed by atoms with Gasteiger partial charge in [-0.15, -0.1) is 0 Å². The predicted molar refractivity (Wildman–Crippen MR) is 133 cm³/mol. The lowest BCUT2D eigenvalue weighted by atomic mass is 9.90. The number of hydrogen-bond acceptors (Lipinski definition) is 4. The number of hydrogen-bond donors (Lipinski definition) is 0. The van der Waals surface area contributed by atoms with Crippen molar-refractivity contribution in [3.05, 3.63) is 47.1 Å². The van der Waals surface area contributed by atoms with Gasteiger partial charge in [0.25, 0.3) is 0 Å². The smallest absolute Gasteiger partial charge is 0.332 e. The molecule has 2 saturated carbocycles. The molecule has 3 aliphatic rings. The van der Waals surface area contributed by atoms with Crippen molar-refractivity contribution in [2.24, 2.45) is 0 Å². The van der Waals surface area contributed by atoms with Crippen LogP contribution in [0, 0.1) is 0 Å². The summed E-state index contributed by atoms with van der Waals surface area (Å²) in [4.78, 5) is 29.4. The van der Waals surface area contributed by atoms with E-state index in [9.17, 15) is 9.59 Å². The molecular formula is C27H38N4O3. The van der Waals surface area contributed by atoms with Gasteiger partial charge in [0.05, 0.1) is 11.8 Å². The number of carbonyl (C=O) groups is 1. The van der Waals surface area contributed by atoms with Crippen molar-refractivity contribution >= 4 is 5.91 Å².